The molecule has 0 aliphatic carbocycles. The van der Waals surface area contributed by atoms with Crippen molar-refractivity contribution < 1.29 is 69.5 Å². The zero-order valence-corrected chi connectivity index (χ0v) is 23.6. The summed E-state index contributed by atoms with van der Waals surface area (Å²) >= 11 is 0. The molecule has 0 rings (SSSR count). The maximum Gasteiger partial charge on any atom is 1.00 e. The summed E-state index contributed by atoms with van der Waals surface area (Å²) in [6.07, 6.45) is 20.2. The molecule has 0 fully saturated rings. The van der Waals surface area contributed by atoms with Gasteiger partial charge in [-0.25, -0.2) is 8.42 Å². The van der Waals surface area contributed by atoms with Gasteiger partial charge in [-0.05, 0) is 12.8 Å². The number of aliphatic hydroxyl groups is 1. The summed E-state index contributed by atoms with van der Waals surface area (Å²) < 4.78 is 34.2. The van der Waals surface area contributed by atoms with Crippen molar-refractivity contribution in [3.05, 3.63) is 0 Å². The van der Waals surface area contributed by atoms with Crippen molar-refractivity contribution in [3.8, 4) is 0 Å². The fourth-order valence-corrected chi connectivity index (χ4v) is 4.82. The van der Waals surface area contributed by atoms with Gasteiger partial charge in [-0.15, -0.1) is 0 Å². The molecule has 0 aromatic heterocycles. The van der Waals surface area contributed by atoms with Gasteiger partial charge >= 0.3 is 51.4 Å². The number of unbranched alkanes of at least 4 members (excludes halogenated alkanes) is 15. The van der Waals surface area contributed by atoms with Crippen molar-refractivity contribution in [3.63, 3.8) is 0 Å². The van der Waals surface area contributed by atoms with E-state index in [-0.39, 0.29) is 51.4 Å². The first-order valence-corrected chi connectivity index (χ1v) is 13.5. The topological polar surface area (TPSA) is 77.4 Å². The van der Waals surface area contributed by atoms with Crippen LogP contribution in [0.1, 0.15) is 136 Å². The molecule has 0 amide bonds. The molecule has 0 aromatic rings. The minimum Gasteiger partial charge on any atom is -0.748 e. The predicted octanol–water partition coefficient (Wildman–Crippen LogP) is 3.72. The molecular formula is C23H47KO4S. The molecule has 0 aliphatic rings. The third kappa shape index (κ3) is 21.1. The molecule has 0 radical (unpaired) electrons. The Morgan fingerprint density at radius 1 is 0.621 bits per heavy atom. The van der Waals surface area contributed by atoms with Gasteiger partial charge < -0.3 is 9.66 Å². The molecule has 6 heteroatoms. The van der Waals surface area contributed by atoms with Crippen LogP contribution in [0.5, 0.6) is 0 Å². The van der Waals surface area contributed by atoms with Gasteiger partial charge in [0.25, 0.3) is 0 Å². The first kappa shape index (κ1) is 32.7. The zero-order chi connectivity index (χ0) is 21.1. The molecule has 4 nitrogen and oxygen atoms in total. The van der Waals surface area contributed by atoms with E-state index in [4.69, 9.17) is 0 Å². The van der Waals surface area contributed by atoms with Gasteiger partial charge in [-0.2, -0.15) is 0 Å². The second-order valence-corrected chi connectivity index (χ2v) is 10.1. The van der Waals surface area contributed by atoms with Crippen molar-refractivity contribution in [1.82, 2.24) is 0 Å². The van der Waals surface area contributed by atoms with E-state index in [9.17, 15) is 18.1 Å². The number of rotatable bonds is 21. The van der Waals surface area contributed by atoms with Crippen molar-refractivity contribution in [2.24, 2.45) is 0 Å². The van der Waals surface area contributed by atoms with Gasteiger partial charge in [0.15, 0.2) is 0 Å². The second-order valence-electron chi connectivity index (χ2n) is 8.48. The molecular weight excluding hydrogens is 411 g/mol. The molecule has 0 aromatic carbocycles. The molecule has 1 N–H and O–H groups in total. The van der Waals surface area contributed by atoms with Gasteiger partial charge in [-0.3, -0.25) is 0 Å². The molecule has 0 aliphatic heterocycles. The average Bonchev–Trinajstić information content (AvgIpc) is 2.64. The molecule has 0 bridgehead atoms. The van der Waals surface area contributed by atoms with Crippen LogP contribution in [0.15, 0.2) is 0 Å². The Hall–Kier alpha value is 1.51. The fraction of sp³-hybridized carbons (Fsp3) is 1.00. The smallest absolute Gasteiger partial charge is 0.748 e. The van der Waals surface area contributed by atoms with Crippen molar-refractivity contribution in [2.75, 3.05) is 0 Å². The molecule has 0 saturated carbocycles. The summed E-state index contributed by atoms with van der Waals surface area (Å²) in [5.74, 6) is 0. The predicted molar refractivity (Wildman–Crippen MR) is 119 cm³/mol. The van der Waals surface area contributed by atoms with Crippen LogP contribution in [0.25, 0.3) is 0 Å². The summed E-state index contributed by atoms with van der Waals surface area (Å²) in [7, 11) is -4.41. The maximum absolute atomic E-state index is 11.4. The van der Waals surface area contributed by atoms with E-state index in [0.29, 0.717) is 19.3 Å². The maximum atomic E-state index is 11.4. The first-order chi connectivity index (χ1) is 13.4. The van der Waals surface area contributed by atoms with Crippen molar-refractivity contribution in [2.45, 2.75) is 147 Å². The van der Waals surface area contributed by atoms with Crippen LogP contribution in [-0.4, -0.2) is 29.4 Å². The van der Waals surface area contributed by atoms with Crippen LogP contribution in [-0.2, 0) is 10.1 Å². The molecule has 0 spiro atoms. The largest absolute Gasteiger partial charge is 1.00 e. The Balaban J connectivity index is 0. The Morgan fingerprint density at radius 3 is 1.31 bits per heavy atom. The average molecular weight is 459 g/mol. The van der Waals surface area contributed by atoms with Crippen LogP contribution in [0.3, 0.4) is 0 Å². The monoisotopic (exact) mass is 458 g/mol. The van der Waals surface area contributed by atoms with Crippen LogP contribution in [0, 0.1) is 0 Å². The van der Waals surface area contributed by atoms with Crippen molar-refractivity contribution >= 4 is 10.1 Å². The number of aliphatic hydroxyl groups excluding tert-OH is 1. The molecule has 2 unspecified atom stereocenters. The van der Waals surface area contributed by atoms with Crippen molar-refractivity contribution in [1.29, 1.82) is 0 Å². The Morgan fingerprint density at radius 2 is 0.966 bits per heavy atom. The van der Waals surface area contributed by atoms with Gasteiger partial charge in [-0.1, -0.05) is 123 Å². The van der Waals surface area contributed by atoms with E-state index in [1.807, 2.05) is 6.92 Å². The standard InChI is InChI=1S/C23H48O4S.K/c1-3-5-7-8-9-10-11-12-13-14-15-16-17-18-19-21-23(28(25,26)27)22(24)20-6-4-2;/h22-24H,3-21H2,1-2H3,(H,25,26,27);/q;+1/p-1. The van der Waals surface area contributed by atoms with E-state index >= 15 is 0 Å². The van der Waals surface area contributed by atoms with E-state index in [0.717, 1.165) is 25.7 Å². The summed E-state index contributed by atoms with van der Waals surface area (Å²) in [4.78, 5) is 0. The van der Waals surface area contributed by atoms with Gasteiger partial charge in [0, 0.05) is 0 Å². The van der Waals surface area contributed by atoms with Crippen LogP contribution >= 0.6 is 0 Å². The fourth-order valence-electron chi connectivity index (χ4n) is 3.85. The van der Waals surface area contributed by atoms with Crippen LogP contribution < -0.4 is 51.4 Å². The third-order valence-corrected chi connectivity index (χ3v) is 7.04. The summed E-state index contributed by atoms with van der Waals surface area (Å²) in [6.45, 7) is 4.24. The minimum absolute atomic E-state index is 0. The Bertz CT molecular complexity index is 429. The van der Waals surface area contributed by atoms with Gasteiger partial charge in [0.1, 0.15) is 10.1 Å². The Kier molecular flexibility index (Phi) is 25.6. The summed E-state index contributed by atoms with van der Waals surface area (Å²) in [5.41, 5.74) is 0. The molecule has 29 heavy (non-hydrogen) atoms. The van der Waals surface area contributed by atoms with E-state index in [1.54, 1.807) is 0 Å². The zero-order valence-electron chi connectivity index (χ0n) is 19.7. The normalized spacial score (nSPS) is 13.8. The Labute approximate surface area is 224 Å². The summed E-state index contributed by atoms with van der Waals surface area (Å²) in [6, 6.07) is 0. The molecule has 2 atom stereocenters. The van der Waals surface area contributed by atoms with E-state index < -0.39 is 21.5 Å². The summed E-state index contributed by atoms with van der Waals surface area (Å²) in [5, 5.41) is 8.89. The molecule has 0 saturated heterocycles. The SMILES string of the molecule is CCCCCCCCCCCCCCCCCC(C(O)CCCC)S(=O)(=O)[O-].[K+]. The van der Waals surface area contributed by atoms with Crippen LogP contribution in [0.4, 0.5) is 0 Å². The molecule has 0 heterocycles. The first-order valence-electron chi connectivity index (χ1n) is 12.1. The molecule has 170 valence electrons. The minimum atomic E-state index is -4.41. The van der Waals surface area contributed by atoms with Gasteiger partial charge in [0.2, 0.25) is 0 Å². The number of hydrogen-bond acceptors (Lipinski definition) is 4. The van der Waals surface area contributed by atoms with Crippen LogP contribution in [0.2, 0.25) is 0 Å². The third-order valence-electron chi connectivity index (χ3n) is 5.75. The number of hydrogen-bond donors (Lipinski definition) is 1. The van der Waals surface area contributed by atoms with E-state index in [2.05, 4.69) is 6.92 Å². The van der Waals surface area contributed by atoms with Gasteiger partial charge in [0.05, 0.1) is 11.4 Å². The van der Waals surface area contributed by atoms with E-state index in [1.165, 1.54) is 77.0 Å². The second kappa shape index (κ2) is 22.7. The quantitative estimate of drug-likeness (QED) is 0.162.